The lowest BCUT2D eigenvalue weighted by Crippen LogP contribution is -2.63. The average Bonchev–Trinajstić information content (AvgIpc) is 3.17. The molecule has 0 aliphatic carbocycles. The Morgan fingerprint density at radius 3 is 2.56 bits per heavy atom. The van der Waals surface area contributed by atoms with Gasteiger partial charge in [0, 0.05) is 29.6 Å². The largest absolute Gasteiger partial charge is 0.356 e. The molecule has 5 heteroatoms. The van der Waals surface area contributed by atoms with Crippen molar-refractivity contribution in [3.05, 3.63) is 71.4 Å². The number of rotatable bonds is 6. The van der Waals surface area contributed by atoms with Crippen LogP contribution in [0.4, 0.5) is 0 Å². The van der Waals surface area contributed by atoms with Gasteiger partial charge in [-0.25, -0.2) is 0 Å². The van der Waals surface area contributed by atoms with Gasteiger partial charge in [0.15, 0.2) is 0 Å². The van der Waals surface area contributed by atoms with E-state index in [0.29, 0.717) is 18.9 Å². The number of aryl methyl sites for hydroxylation is 1. The molecule has 2 atom stereocenters. The minimum atomic E-state index is -0.407. The number of H-pyrrole nitrogens is 1. The van der Waals surface area contributed by atoms with Crippen molar-refractivity contribution in [2.45, 2.75) is 51.6 Å². The normalized spacial score (nSPS) is 20.7. The number of aromatic nitrogens is 1. The van der Waals surface area contributed by atoms with E-state index < -0.39 is 6.04 Å². The van der Waals surface area contributed by atoms with Crippen LogP contribution in [-0.2, 0) is 22.4 Å². The zero-order valence-corrected chi connectivity index (χ0v) is 18.9. The Kier molecular flexibility index (Phi) is 5.50. The second-order valence-corrected chi connectivity index (χ2v) is 9.57. The number of piperazine rings is 1. The molecule has 2 aliphatic rings. The van der Waals surface area contributed by atoms with Crippen molar-refractivity contribution in [1.29, 1.82) is 0 Å². The highest BCUT2D eigenvalue weighted by Gasteiger charge is 2.47. The molecule has 3 aromatic rings. The van der Waals surface area contributed by atoms with Gasteiger partial charge in [-0.2, -0.15) is 0 Å². The van der Waals surface area contributed by atoms with Crippen LogP contribution in [0.3, 0.4) is 0 Å². The molecule has 5 rings (SSSR count). The van der Waals surface area contributed by atoms with Gasteiger partial charge in [-0.15, -0.1) is 0 Å². The topological polar surface area (TPSA) is 56.4 Å². The smallest absolute Gasteiger partial charge is 0.246 e. The maximum absolute atomic E-state index is 13.5. The van der Waals surface area contributed by atoms with E-state index in [1.165, 1.54) is 16.5 Å². The van der Waals surface area contributed by atoms with E-state index in [9.17, 15) is 9.59 Å². The monoisotopic (exact) mass is 429 g/mol. The molecular weight excluding hydrogens is 398 g/mol. The third kappa shape index (κ3) is 3.70. The number of carbonyl (C=O) groups is 2. The molecule has 0 saturated carbocycles. The van der Waals surface area contributed by atoms with Gasteiger partial charge < -0.3 is 14.8 Å². The summed E-state index contributed by atoms with van der Waals surface area (Å²) in [4.78, 5) is 34.2. The number of benzene rings is 2. The van der Waals surface area contributed by atoms with Gasteiger partial charge >= 0.3 is 0 Å². The maximum atomic E-state index is 13.5. The third-order valence-electron chi connectivity index (χ3n) is 6.99. The quantitative estimate of drug-likeness (QED) is 0.628. The van der Waals surface area contributed by atoms with Crippen LogP contribution in [0.2, 0.25) is 0 Å². The second-order valence-electron chi connectivity index (χ2n) is 9.57. The van der Waals surface area contributed by atoms with Gasteiger partial charge in [-0.1, -0.05) is 62.4 Å². The molecule has 5 nitrogen and oxygen atoms in total. The standard InChI is InChI=1S/C27H31N3O2/c1-18(2)14-15-29-17-25(31)30-23(13-12-19-8-4-3-5-9-19)26-21(16-24(30)27(29)32)20-10-6-7-11-22(20)28-26/h3-11,18,23-24,28H,12-17H2,1-2H3/t23?,24-/m1/s1. The molecule has 2 aliphatic heterocycles. The summed E-state index contributed by atoms with van der Waals surface area (Å²) in [6, 6.07) is 18.1. The van der Waals surface area contributed by atoms with Crippen molar-refractivity contribution in [2.24, 2.45) is 5.92 Å². The number of para-hydroxylation sites is 1. The van der Waals surface area contributed by atoms with E-state index in [4.69, 9.17) is 0 Å². The highest BCUT2D eigenvalue weighted by Crippen LogP contribution is 2.41. The van der Waals surface area contributed by atoms with E-state index in [-0.39, 0.29) is 24.4 Å². The molecule has 166 valence electrons. The van der Waals surface area contributed by atoms with Crippen molar-refractivity contribution in [1.82, 2.24) is 14.8 Å². The zero-order valence-electron chi connectivity index (χ0n) is 18.9. The van der Waals surface area contributed by atoms with E-state index in [0.717, 1.165) is 30.5 Å². The Morgan fingerprint density at radius 2 is 1.78 bits per heavy atom. The van der Waals surface area contributed by atoms with Gasteiger partial charge in [0.05, 0.1) is 12.6 Å². The zero-order chi connectivity index (χ0) is 22.2. The van der Waals surface area contributed by atoms with Crippen LogP contribution in [0.1, 0.15) is 49.6 Å². The lowest BCUT2D eigenvalue weighted by Gasteiger charge is -2.47. The number of amides is 2. The van der Waals surface area contributed by atoms with Gasteiger partial charge in [0.25, 0.3) is 0 Å². The number of hydrogen-bond acceptors (Lipinski definition) is 2. The number of hydrogen-bond donors (Lipinski definition) is 1. The first-order valence-electron chi connectivity index (χ1n) is 11.8. The van der Waals surface area contributed by atoms with Crippen LogP contribution in [-0.4, -0.2) is 45.7 Å². The molecule has 0 radical (unpaired) electrons. The van der Waals surface area contributed by atoms with Crippen LogP contribution in [0.5, 0.6) is 0 Å². The molecule has 1 aromatic heterocycles. The number of fused-ring (bicyclic) bond motifs is 4. The molecule has 2 amide bonds. The van der Waals surface area contributed by atoms with Crippen LogP contribution < -0.4 is 0 Å². The fourth-order valence-corrected chi connectivity index (χ4v) is 5.30. The second kappa shape index (κ2) is 8.45. The van der Waals surface area contributed by atoms with Crippen molar-refractivity contribution in [3.63, 3.8) is 0 Å². The first kappa shape index (κ1) is 20.8. The van der Waals surface area contributed by atoms with Crippen LogP contribution in [0.25, 0.3) is 10.9 Å². The first-order valence-corrected chi connectivity index (χ1v) is 11.8. The lowest BCUT2D eigenvalue weighted by atomic mass is 9.86. The third-order valence-corrected chi connectivity index (χ3v) is 6.99. The Labute approximate surface area is 189 Å². The molecule has 1 saturated heterocycles. The predicted octanol–water partition coefficient (Wildman–Crippen LogP) is 4.48. The molecule has 32 heavy (non-hydrogen) atoms. The van der Waals surface area contributed by atoms with E-state index in [1.54, 1.807) is 4.90 Å². The molecular formula is C27H31N3O2. The Morgan fingerprint density at radius 1 is 1.03 bits per heavy atom. The maximum Gasteiger partial charge on any atom is 0.246 e. The van der Waals surface area contributed by atoms with Crippen LogP contribution in [0, 0.1) is 5.92 Å². The number of nitrogens with zero attached hydrogens (tertiary/aromatic N) is 2. The van der Waals surface area contributed by atoms with Gasteiger partial charge in [0.2, 0.25) is 11.8 Å². The molecule has 0 bridgehead atoms. The fourth-order valence-electron chi connectivity index (χ4n) is 5.30. The molecule has 2 aromatic carbocycles. The summed E-state index contributed by atoms with van der Waals surface area (Å²) < 4.78 is 0. The lowest BCUT2D eigenvalue weighted by molar-refractivity contribution is -0.160. The van der Waals surface area contributed by atoms with Gasteiger partial charge in [0.1, 0.15) is 6.04 Å². The van der Waals surface area contributed by atoms with E-state index in [1.807, 2.05) is 23.1 Å². The Hall–Kier alpha value is -3.08. The highest BCUT2D eigenvalue weighted by molar-refractivity contribution is 5.97. The summed E-state index contributed by atoms with van der Waals surface area (Å²) in [6.07, 6.45) is 3.17. The summed E-state index contributed by atoms with van der Waals surface area (Å²) in [5, 5.41) is 1.17. The minimum absolute atomic E-state index is 0.0701. The molecule has 3 heterocycles. The van der Waals surface area contributed by atoms with Gasteiger partial charge in [-0.3, -0.25) is 9.59 Å². The van der Waals surface area contributed by atoms with Gasteiger partial charge in [-0.05, 0) is 42.4 Å². The summed E-state index contributed by atoms with van der Waals surface area (Å²) in [5.74, 6) is 0.674. The van der Waals surface area contributed by atoms with Crippen LogP contribution in [0.15, 0.2) is 54.6 Å². The average molecular weight is 430 g/mol. The minimum Gasteiger partial charge on any atom is -0.356 e. The summed E-state index contributed by atoms with van der Waals surface area (Å²) in [6.45, 7) is 5.16. The molecule has 1 fully saturated rings. The van der Waals surface area contributed by atoms with Crippen molar-refractivity contribution in [2.75, 3.05) is 13.1 Å². The highest BCUT2D eigenvalue weighted by atomic mass is 16.2. The van der Waals surface area contributed by atoms with Crippen LogP contribution >= 0.6 is 0 Å². The number of aromatic amines is 1. The molecule has 1 unspecified atom stereocenters. The first-order chi connectivity index (χ1) is 15.5. The molecule has 0 spiro atoms. The predicted molar refractivity (Wildman–Crippen MR) is 126 cm³/mol. The number of nitrogens with one attached hydrogen (secondary N) is 1. The van der Waals surface area contributed by atoms with E-state index >= 15 is 0 Å². The Balaban J connectivity index is 1.51. The summed E-state index contributed by atoms with van der Waals surface area (Å²) in [5.41, 5.74) is 4.64. The Bertz CT molecular complexity index is 1130. The van der Waals surface area contributed by atoms with E-state index in [2.05, 4.69) is 55.2 Å². The summed E-state index contributed by atoms with van der Waals surface area (Å²) in [7, 11) is 0. The van der Waals surface area contributed by atoms with Crippen molar-refractivity contribution < 1.29 is 9.59 Å². The fraction of sp³-hybridized carbons (Fsp3) is 0.407. The molecule has 1 N–H and O–H groups in total. The van der Waals surface area contributed by atoms with Crippen molar-refractivity contribution >= 4 is 22.7 Å². The summed E-state index contributed by atoms with van der Waals surface area (Å²) >= 11 is 0. The number of carbonyl (C=O) groups excluding carboxylic acids is 2. The van der Waals surface area contributed by atoms with Crippen molar-refractivity contribution in [3.8, 4) is 0 Å². The SMILES string of the molecule is CC(C)CCN1CC(=O)N2C(CCc3ccccc3)c3[nH]c4ccccc4c3C[C@@H]2C1=O.